The highest BCUT2D eigenvalue weighted by Crippen LogP contribution is 2.22. The minimum Gasteiger partial charge on any atom is -0.445 e. The number of carbonyl (C=O) groups excluding carboxylic acids is 3. The van der Waals surface area contributed by atoms with Crippen LogP contribution in [0.3, 0.4) is 0 Å². The van der Waals surface area contributed by atoms with Crippen molar-refractivity contribution >= 4 is 17.9 Å². The molecule has 3 aromatic carbocycles. The zero-order valence-electron chi connectivity index (χ0n) is 23.3. The topological polar surface area (TPSA) is 87.7 Å². The van der Waals surface area contributed by atoms with E-state index in [1.807, 2.05) is 41.3 Å². The number of nitrogens with zero attached hydrogens (tertiary/aromatic N) is 1. The molecule has 0 bridgehead atoms. The fourth-order valence-electron chi connectivity index (χ4n) is 5.07. The lowest BCUT2D eigenvalue weighted by Crippen LogP contribution is -2.51. The van der Waals surface area contributed by atoms with E-state index in [-0.39, 0.29) is 18.4 Å². The van der Waals surface area contributed by atoms with Crippen molar-refractivity contribution in [2.24, 2.45) is 5.92 Å². The number of nitrogens with one attached hydrogen (secondary N) is 2. The zero-order chi connectivity index (χ0) is 28.9. The largest absolute Gasteiger partial charge is 0.445 e. The maximum absolute atomic E-state index is 13.5. The lowest BCUT2D eigenvalue weighted by atomic mass is 9.90. The van der Waals surface area contributed by atoms with Gasteiger partial charge < -0.3 is 20.3 Å². The van der Waals surface area contributed by atoms with Crippen molar-refractivity contribution < 1.29 is 23.5 Å². The highest BCUT2D eigenvalue weighted by atomic mass is 19.1. The summed E-state index contributed by atoms with van der Waals surface area (Å²) in [4.78, 5) is 40.3. The Bertz CT molecular complexity index is 1250. The normalized spacial score (nSPS) is 14.2. The SMILES string of the molecule is O=C(NC(CCCCNC(=O)c1ccc(F)cc1)C(=O)N1CCC(Cc2ccccc2)CC1)OCc1ccccc1. The molecule has 0 saturated carbocycles. The number of hydrogen-bond donors (Lipinski definition) is 2. The molecule has 7 nitrogen and oxygen atoms in total. The molecular weight excluding hydrogens is 521 g/mol. The molecule has 2 N–H and O–H groups in total. The van der Waals surface area contributed by atoms with Crippen molar-refractivity contribution in [3.63, 3.8) is 0 Å². The molecule has 1 aliphatic rings. The van der Waals surface area contributed by atoms with Crippen LogP contribution < -0.4 is 10.6 Å². The van der Waals surface area contributed by atoms with Crippen molar-refractivity contribution in [2.45, 2.75) is 51.2 Å². The molecule has 1 aliphatic heterocycles. The highest BCUT2D eigenvalue weighted by molar-refractivity contribution is 5.94. The number of carbonyl (C=O) groups is 3. The van der Waals surface area contributed by atoms with Gasteiger partial charge in [0.2, 0.25) is 5.91 Å². The summed E-state index contributed by atoms with van der Waals surface area (Å²) in [5.41, 5.74) is 2.56. The monoisotopic (exact) mass is 559 g/mol. The summed E-state index contributed by atoms with van der Waals surface area (Å²) in [6.45, 7) is 1.83. The van der Waals surface area contributed by atoms with Gasteiger partial charge in [0.25, 0.3) is 5.91 Å². The van der Waals surface area contributed by atoms with Gasteiger partial charge in [0.1, 0.15) is 18.5 Å². The number of ether oxygens (including phenoxy) is 1. The van der Waals surface area contributed by atoms with Gasteiger partial charge in [0.15, 0.2) is 0 Å². The van der Waals surface area contributed by atoms with Gasteiger partial charge in [-0.1, -0.05) is 60.7 Å². The fourth-order valence-corrected chi connectivity index (χ4v) is 5.07. The van der Waals surface area contributed by atoms with E-state index in [4.69, 9.17) is 4.74 Å². The quantitative estimate of drug-likeness (QED) is 0.287. The van der Waals surface area contributed by atoms with E-state index in [2.05, 4.69) is 34.9 Å². The zero-order valence-corrected chi connectivity index (χ0v) is 23.3. The second-order valence-electron chi connectivity index (χ2n) is 10.5. The van der Waals surface area contributed by atoms with E-state index in [0.29, 0.717) is 50.4 Å². The minimum atomic E-state index is -0.711. The predicted molar refractivity (Wildman–Crippen MR) is 156 cm³/mol. The van der Waals surface area contributed by atoms with Gasteiger partial charge >= 0.3 is 6.09 Å². The number of rotatable bonds is 12. The van der Waals surface area contributed by atoms with Crippen molar-refractivity contribution in [3.05, 3.63) is 107 Å². The summed E-state index contributed by atoms with van der Waals surface area (Å²) < 4.78 is 18.5. The van der Waals surface area contributed by atoms with Crippen LogP contribution in [0.5, 0.6) is 0 Å². The fraction of sp³-hybridized carbons (Fsp3) is 0.364. The van der Waals surface area contributed by atoms with Crippen LogP contribution in [0.15, 0.2) is 84.9 Å². The number of halogens is 1. The Morgan fingerprint density at radius 1 is 0.854 bits per heavy atom. The second-order valence-corrected chi connectivity index (χ2v) is 10.5. The van der Waals surface area contributed by atoms with Crippen LogP contribution in [0.1, 0.15) is 53.6 Å². The van der Waals surface area contributed by atoms with Crippen molar-refractivity contribution in [1.29, 1.82) is 0 Å². The molecule has 1 heterocycles. The Morgan fingerprint density at radius 3 is 2.15 bits per heavy atom. The maximum atomic E-state index is 13.5. The third-order valence-electron chi connectivity index (χ3n) is 7.41. The molecule has 1 atom stereocenters. The lowest BCUT2D eigenvalue weighted by Gasteiger charge is -2.34. The number of unbranched alkanes of at least 4 members (excludes halogenated alkanes) is 1. The van der Waals surface area contributed by atoms with E-state index in [1.165, 1.54) is 29.8 Å². The van der Waals surface area contributed by atoms with Crippen molar-refractivity contribution in [1.82, 2.24) is 15.5 Å². The smallest absolute Gasteiger partial charge is 0.408 e. The molecule has 8 heteroatoms. The van der Waals surface area contributed by atoms with Gasteiger partial charge in [-0.05, 0) is 79.8 Å². The predicted octanol–water partition coefficient (Wildman–Crippen LogP) is 5.50. The van der Waals surface area contributed by atoms with Crippen LogP contribution >= 0.6 is 0 Å². The van der Waals surface area contributed by atoms with Gasteiger partial charge in [0.05, 0.1) is 0 Å². The molecule has 3 aromatic rings. The standard InChI is InChI=1S/C33H38FN3O4/c34-29-16-14-28(15-17-29)31(38)35-20-8-7-13-30(36-33(40)41-24-27-11-5-2-6-12-27)32(39)37-21-18-26(19-22-37)23-25-9-3-1-4-10-25/h1-6,9-12,14-17,26,30H,7-8,13,18-24H2,(H,35,38)(H,36,40). The molecule has 0 aliphatic carbocycles. The maximum Gasteiger partial charge on any atom is 0.408 e. The summed E-state index contributed by atoms with van der Waals surface area (Å²) >= 11 is 0. The van der Waals surface area contributed by atoms with Gasteiger partial charge in [-0.15, -0.1) is 0 Å². The van der Waals surface area contributed by atoms with Gasteiger partial charge in [-0.25, -0.2) is 9.18 Å². The number of amides is 3. The molecule has 1 saturated heterocycles. The highest BCUT2D eigenvalue weighted by Gasteiger charge is 2.29. The van der Waals surface area contributed by atoms with E-state index in [1.54, 1.807) is 0 Å². The van der Waals surface area contributed by atoms with E-state index in [0.717, 1.165) is 24.8 Å². The Labute approximate surface area is 241 Å². The number of alkyl carbamates (subject to hydrolysis) is 1. The van der Waals surface area contributed by atoms with Crippen LogP contribution in [-0.4, -0.2) is 48.5 Å². The Hall–Kier alpha value is -4.20. The molecule has 1 fully saturated rings. The van der Waals surface area contributed by atoms with Crippen LogP contribution in [0, 0.1) is 11.7 Å². The van der Waals surface area contributed by atoms with Crippen LogP contribution in [-0.2, 0) is 22.6 Å². The van der Waals surface area contributed by atoms with Gasteiger partial charge in [-0.3, -0.25) is 9.59 Å². The van der Waals surface area contributed by atoms with E-state index >= 15 is 0 Å². The molecule has 3 amide bonds. The lowest BCUT2D eigenvalue weighted by molar-refractivity contribution is -0.135. The Balaban J connectivity index is 1.27. The molecule has 4 rings (SSSR count). The first-order chi connectivity index (χ1) is 20.0. The molecule has 0 spiro atoms. The molecule has 1 unspecified atom stereocenters. The number of likely N-dealkylation sites (tertiary alicyclic amines) is 1. The summed E-state index contributed by atoms with van der Waals surface area (Å²) in [5, 5.41) is 5.61. The van der Waals surface area contributed by atoms with Gasteiger partial charge in [0, 0.05) is 25.2 Å². The van der Waals surface area contributed by atoms with Crippen molar-refractivity contribution in [2.75, 3.05) is 19.6 Å². The minimum absolute atomic E-state index is 0.102. The summed E-state index contributed by atoms with van der Waals surface area (Å²) in [6, 6.07) is 24.4. The molecule has 41 heavy (non-hydrogen) atoms. The van der Waals surface area contributed by atoms with E-state index < -0.39 is 18.0 Å². The number of hydrogen-bond acceptors (Lipinski definition) is 4. The third kappa shape index (κ3) is 9.74. The average molecular weight is 560 g/mol. The summed E-state index contributed by atoms with van der Waals surface area (Å²) in [7, 11) is 0. The molecule has 0 aromatic heterocycles. The molecular formula is C33H38FN3O4. The van der Waals surface area contributed by atoms with Crippen molar-refractivity contribution in [3.8, 4) is 0 Å². The number of piperidine rings is 1. The van der Waals surface area contributed by atoms with E-state index in [9.17, 15) is 18.8 Å². The second kappa shape index (κ2) is 15.6. The van der Waals surface area contributed by atoms with Gasteiger partial charge in [-0.2, -0.15) is 0 Å². The number of benzene rings is 3. The summed E-state index contributed by atoms with van der Waals surface area (Å²) in [5.74, 6) is -0.255. The Kier molecular flexibility index (Phi) is 11.3. The first-order valence-corrected chi connectivity index (χ1v) is 14.3. The van der Waals surface area contributed by atoms with Crippen LogP contribution in [0.25, 0.3) is 0 Å². The van der Waals surface area contributed by atoms with Crippen LogP contribution in [0.4, 0.5) is 9.18 Å². The molecule has 216 valence electrons. The first kappa shape index (κ1) is 29.8. The van der Waals surface area contributed by atoms with Crippen LogP contribution in [0.2, 0.25) is 0 Å². The summed E-state index contributed by atoms with van der Waals surface area (Å²) in [6.07, 6.45) is 3.87. The average Bonchev–Trinajstić information content (AvgIpc) is 3.00. The molecule has 0 radical (unpaired) electrons. The first-order valence-electron chi connectivity index (χ1n) is 14.3. The Morgan fingerprint density at radius 2 is 1.49 bits per heavy atom. The third-order valence-corrected chi connectivity index (χ3v) is 7.41.